The number of hydrogen-bond acceptors (Lipinski definition) is 5. The third-order valence-corrected chi connectivity index (χ3v) is 7.05. The van der Waals surface area contributed by atoms with Crippen molar-refractivity contribution in [2.24, 2.45) is 0 Å². The number of benzene rings is 1. The summed E-state index contributed by atoms with van der Waals surface area (Å²) < 4.78 is 77.0. The van der Waals surface area contributed by atoms with Gasteiger partial charge in [0.2, 0.25) is 10.0 Å². The molecule has 0 aromatic heterocycles. The maximum absolute atomic E-state index is 13.1. The molecule has 2 fully saturated rings. The quantitative estimate of drug-likeness (QED) is 0.690. The SMILES string of the molecule is CC(C)(C)OC(=O)N1CCC2(CC1)OCCN2S(=O)(=O)c1ccc(C(F)(F)F)cc1. The van der Waals surface area contributed by atoms with E-state index in [0.29, 0.717) is 0 Å². The molecule has 3 rings (SSSR count). The second-order valence-corrected chi connectivity index (χ2v) is 10.2. The van der Waals surface area contributed by atoms with Crippen LogP contribution in [0, 0.1) is 0 Å². The third kappa shape index (κ3) is 4.57. The van der Waals surface area contributed by atoms with Gasteiger partial charge >= 0.3 is 12.3 Å². The number of amides is 1. The van der Waals surface area contributed by atoms with Crippen LogP contribution in [0.4, 0.5) is 18.0 Å². The van der Waals surface area contributed by atoms with E-state index in [1.54, 1.807) is 20.8 Å². The van der Waals surface area contributed by atoms with Crippen molar-refractivity contribution in [3.8, 4) is 0 Å². The Balaban J connectivity index is 1.76. The molecule has 1 aromatic rings. The van der Waals surface area contributed by atoms with Gasteiger partial charge in [-0.2, -0.15) is 17.5 Å². The van der Waals surface area contributed by atoms with Gasteiger partial charge in [-0.05, 0) is 45.0 Å². The first-order valence-corrected chi connectivity index (χ1v) is 11.0. The summed E-state index contributed by atoms with van der Waals surface area (Å²) in [5.41, 5.74) is -2.69. The van der Waals surface area contributed by atoms with Gasteiger partial charge in [-0.1, -0.05) is 0 Å². The van der Waals surface area contributed by atoms with Gasteiger partial charge in [0.15, 0.2) is 0 Å². The minimum absolute atomic E-state index is 0.0930. The summed E-state index contributed by atoms with van der Waals surface area (Å²) in [6, 6.07) is 3.42. The van der Waals surface area contributed by atoms with Crippen molar-refractivity contribution >= 4 is 16.1 Å². The Morgan fingerprint density at radius 1 is 1.07 bits per heavy atom. The number of ether oxygens (including phenoxy) is 2. The van der Waals surface area contributed by atoms with E-state index in [4.69, 9.17) is 9.47 Å². The predicted molar refractivity (Wildman–Crippen MR) is 101 cm³/mol. The number of carbonyl (C=O) groups is 1. The van der Waals surface area contributed by atoms with E-state index in [0.717, 1.165) is 24.3 Å². The van der Waals surface area contributed by atoms with Gasteiger partial charge in [-0.3, -0.25) is 0 Å². The van der Waals surface area contributed by atoms with Crippen molar-refractivity contribution in [3.63, 3.8) is 0 Å². The second-order valence-electron chi connectivity index (χ2n) is 8.36. The number of alkyl halides is 3. The van der Waals surface area contributed by atoms with Crippen LogP contribution in [0.25, 0.3) is 0 Å². The Bertz CT molecular complexity index is 886. The topological polar surface area (TPSA) is 76.2 Å². The van der Waals surface area contributed by atoms with Crippen LogP contribution in [-0.4, -0.2) is 61.3 Å². The number of nitrogens with zero attached hydrogens (tertiary/aromatic N) is 2. The number of hydrogen-bond donors (Lipinski definition) is 0. The Labute approximate surface area is 173 Å². The highest BCUT2D eigenvalue weighted by molar-refractivity contribution is 7.89. The summed E-state index contributed by atoms with van der Waals surface area (Å²) in [6.07, 6.45) is -4.54. The Morgan fingerprint density at radius 3 is 2.13 bits per heavy atom. The molecule has 11 heteroatoms. The van der Waals surface area contributed by atoms with Gasteiger partial charge in [-0.25, -0.2) is 13.2 Å². The summed E-state index contributed by atoms with van der Waals surface area (Å²) in [4.78, 5) is 13.5. The number of rotatable bonds is 2. The maximum atomic E-state index is 13.1. The molecule has 7 nitrogen and oxygen atoms in total. The fourth-order valence-electron chi connectivity index (χ4n) is 3.64. The van der Waals surface area contributed by atoms with Crippen molar-refractivity contribution in [3.05, 3.63) is 29.8 Å². The largest absolute Gasteiger partial charge is 0.444 e. The van der Waals surface area contributed by atoms with E-state index in [2.05, 4.69) is 0 Å². The van der Waals surface area contributed by atoms with Crippen LogP contribution in [-0.2, 0) is 25.7 Å². The van der Waals surface area contributed by atoms with E-state index < -0.39 is 39.2 Å². The van der Waals surface area contributed by atoms with Gasteiger partial charge in [0.25, 0.3) is 0 Å². The van der Waals surface area contributed by atoms with Crippen molar-refractivity contribution in [1.29, 1.82) is 0 Å². The lowest BCUT2D eigenvalue weighted by Gasteiger charge is -2.42. The Hall–Kier alpha value is -1.85. The van der Waals surface area contributed by atoms with Crippen molar-refractivity contribution < 1.29 is 35.9 Å². The number of sulfonamides is 1. The average Bonchev–Trinajstić information content (AvgIpc) is 3.04. The van der Waals surface area contributed by atoms with E-state index in [1.165, 1.54) is 9.21 Å². The summed E-state index contributed by atoms with van der Waals surface area (Å²) >= 11 is 0. The van der Waals surface area contributed by atoms with Crippen LogP contribution >= 0.6 is 0 Å². The monoisotopic (exact) mass is 450 g/mol. The van der Waals surface area contributed by atoms with Crippen LogP contribution in [0.1, 0.15) is 39.2 Å². The zero-order valence-electron chi connectivity index (χ0n) is 17.0. The van der Waals surface area contributed by atoms with Gasteiger partial charge in [0, 0.05) is 32.5 Å². The highest BCUT2D eigenvalue weighted by atomic mass is 32.2. The lowest BCUT2D eigenvalue weighted by Crippen LogP contribution is -2.56. The normalized spacial score (nSPS) is 20.5. The molecule has 2 aliphatic heterocycles. The summed E-state index contributed by atoms with van der Waals surface area (Å²) in [6.45, 7) is 6.03. The summed E-state index contributed by atoms with van der Waals surface area (Å²) in [5, 5.41) is 0. The van der Waals surface area contributed by atoms with E-state index in [-0.39, 0.29) is 44.0 Å². The Morgan fingerprint density at radius 2 is 1.63 bits per heavy atom. The molecule has 1 amide bonds. The highest BCUT2D eigenvalue weighted by Gasteiger charge is 2.51. The van der Waals surface area contributed by atoms with Crippen molar-refractivity contribution in [2.45, 2.75) is 56.0 Å². The zero-order valence-corrected chi connectivity index (χ0v) is 17.8. The molecule has 0 saturated carbocycles. The first-order chi connectivity index (χ1) is 13.7. The Kier molecular flexibility index (Phi) is 5.85. The number of carbonyl (C=O) groups excluding carboxylic acids is 1. The van der Waals surface area contributed by atoms with E-state index >= 15 is 0 Å². The first-order valence-electron chi connectivity index (χ1n) is 9.57. The molecule has 0 atom stereocenters. The minimum Gasteiger partial charge on any atom is -0.444 e. The fourth-order valence-corrected chi connectivity index (χ4v) is 5.36. The molecular formula is C19H25F3N2O5S. The molecule has 0 bridgehead atoms. The molecule has 1 aromatic carbocycles. The summed E-state index contributed by atoms with van der Waals surface area (Å²) in [5.74, 6) is 0. The van der Waals surface area contributed by atoms with E-state index in [9.17, 15) is 26.4 Å². The number of piperidine rings is 1. The lowest BCUT2D eigenvalue weighted by atomic mass is 10.0. The van der Waals surface area contributed by atoms with Gasteiger partial charge in [0.05, 0.1) is 17.1 Å². The number of likely N-dealkylation sites (tertiary alicyclic amines) is 1. The van der Waals surface area contributed by atoms with Crippen LogP contribution in [0.15, 0.2) is 29.2 Å². The van der Waals surface area contributed by atoms with Crippen molar-refractivity contribution in [2.75, 3.05) is 26.2 Å². The van der Waals surface area contributed by atoms with Crippen molar-refractivity contribution in [1.82, 2.24) is 9.21 Å². The molecule has 2 aliphatic rings. The van der Waals surface area contributed by atoms with Crippen LogP contribution in [0.5, 0.6) is 0 Å². The molecule has 0 aliphatic carbocycles. The van der Waals surface area contributed by atoms with Gasteiger partial charge < -0.3 is 14.4 Å². The molecule has 2 saturated heterocycles. The predicted octanol–water partition coefficient (Wildman–Crippen LogP) is 3.45. The van der Waals surface area contributed by atoms with E-state index in [1.807, 2.05) is 0 Å². The highest BCUT2D eigenvalue weighted by Crippen LogP contribution is 2.39. The summed E-state index contributed by atoms with van der Waals surface area (Å²) in [7, 11) is -4.07. The number of halogens is 3. The molecule has 2 heterocycles. The molecule has 1 spiro atoms. The van der Waals surface area contributed by atoms with Gasteiger partial charge in [0.1, 0.15) is 11.3 Å². The lowest BCUT2D eigenvalue weighted by molar-refractivity contribution is -0.137. The molecule has 0 radical (unpaired) electrons. The third-order valence-electron chi connectivity index (χ3n) is 5.09. The molecule has 168 valence electrons. The zero-order chi connectivity index (χ0) is 22.4. The molecule has 30 heavy (non-hydrogen) atoms. The van der Waals surface area contributed by atoms with Crippen LogP contribution < -0.4 is 0 Å². The molecule has 0 unspecified atom stereocenters. The molecule has 0 N–H and O–H groups in total. The first kappa shape index (κ1) is 22.8. The molecular weight excluding hydrogens is 425 g/mol. The minimum atomic E-state index is -4.55. The standard InChI is InChI=1S/C19H25F3N2O5S/c1-17(2,3)29-16(25)23-10-8-18(9-11-23)24(12-13-28-18)30(26,27)15-6-4-14(5-7-15)19(20,21)22/h4-7H,8-13H2,1-3H3. The average molecular weight is 450 g/mol. The second kappa shape index (κ2) is 7.69. The van der Waals surface area contributed by atoms with Crippen LogP contribution in [0.3, 0.4) is 0 Å². The van der Waals surface area contributed by atoms with Gasteiger partial charge in [-0.15, -0.1) is 0 Å². The smallest absolute Gasteiger partial charge is 0.416 e. The fraction of sp³-hybridized carbons (Fsp3) is 0.632. The maximum Gasteiger partial charge on any atom is 0.416 e. The van der Waals surface area contributed by atoms with Crippen LogP contribution in [0.2, 0.25) is 0 Å².